The van der Waals surface area contributed by atoms with Gasteiger partial charge in [-0.05, 0) is 39.4 Å². The SMILES string of the molecule is Cc1cccc(C(C(=O)N(Cc2cncs2)C2CC2)N(C)C)c1. The van der Waals surface area contributed by atoms with E-state index in [9.17, 15) is 4.79 Å². The topological polar surface area (TPSA) is 36.4 Å². The quantitative estimate of drug-likeness (QED) is 0.816. The molecule has 1 atom stereocenters. The Morgan fingerprint density at radius 2 is 2.17 bits per heavy atom. The van der Waals surface area contributed by atoms with Crippen LogP contribution >= 0.6 is 11.3 Å². The third kappa shape index (κ3) is 3.79. The highest BCUT2D eigenvalue weighted by Crippen LogP contribution is 2.33. The summed E-state index contributed by atoms with van der Waals surface area (Å²) >= 11 is 1.61. The van der Waals surface area contributed by atoms with Crippen LogP contribution in [0.1, 0.15) is 34.9 Å². The highest BCUT2D eigenvalue weighted by molar-refractivity contribution is 7.09. The second kappa shape index (κ2) is 6.81. The van der Waals surface area contributed by atoms with E-state index in [-0.39, 0.29) is 11.9 Å². The number of likely N-dealkylation sites (N-methyl/N-ethyl adjacent to an activating group) is 1. The van der Waals surface area contributed by atoms with Gasteiger partial charge in [-0.2, -0.15) is 0 Å². The highest BCUT2D eigenvalue weighted by atomic mass is 32.1. The Hall–Kier alpha value is -1.72. The van der Waals surface area contributed by atoms with E-state index in [1.807, 2.05) is 47.7 Å². The molecule has 122 valence electrons. The smallest absolute Gasteiger partial charge is 0.245 e. The summed E-state index contributed by atoms with van der Waals surface area (Å²) in [5, 5.41) is 0. The molecule has 0 N–H and O–H groups in total. The minimum atomic E-state index is -0.233. The molecule has 0 saturated heterocycles. The van der Waals surface area contributed by atoms with Crippen molar-refractivity contribution in [3.63, 3.8) is 0 Å². The van der Waals surface area contributed by atoms with Crippen molar-refractivity contribution in [1.82, 2.24) is 14.8 Å². The molecule has 1 aliphatic rings. The molecule has 1 fully saturated rings. The van der Waals surface area contributed by atoms with E-state index in [0.29, 0.717) is 12.6 Å². The normalized spacial score (nSPS) is 15.7. The first-order chi connectivity index (χ1) is 11.1. The van der Waals surface area contributed by atoms with Crippen LogP contribution in [-0.4, -0.2) is 40.8 Å². The molecule has 5 heteroatoms. The number of benzene rings is 1. The van der Waals surface area contributed by atoms with Crippen molar-refractivity contribution in [3.05, 3.63) is 52.0 Å². The standard InChI is InChI=1S/C18H23N3OS/c1-13-5-4-6-14(9-13)17(20(2)3)18(22)21(15-7-8-15)11-16-10-19-12-23-16/h4-6,9-10,12,15,17H,7-8,11H2,1-3H3. The van der Waals surface area contributed by atoms with Crippen LogP contribution in [0.4, 0.5) is 0 Å². The van der Waals surface area contributed by atoms with Crippen molar-refractivity contribution in [1.29, 1.82) is 0 Å². The van der Waals surface area contributed by atoms with Crippen LogP contribution < -0.4 is 0 Å². The molecule has 1 amide bonds. The number of amides is 1. The first-order valence-electron chi connectivity index (χ1n) is 7.97. The Bertz CT molecular complexity index is 665. The van der Waals surface area contributed by atoms with Gasteiger partial charge in [-0.3, -0.25) is 14.7 Å². The van der Waals surface area contributed by atoms with Gasteiger partial charge >= 0.3 is 0 Å². The number of aryl methyl sites for hydroxylation is 1. The summed E-state index contributed by atoms with van der Waals surface area (Å²) in [5.41, 5.74) is 4.08. The molecule has 23 heavy (non-hydrogen) atoms. The lowest BCUT2D eigenvalue weighted by molar-refractivity contribution is -0.137. The van der Waals surface area contributed by atoms with E-state index < -0.39 is 0 Å². The van der Waals surface area contributed by atoms with Gasteiger partial charge in [-0.25, -0.2) is 0 Å². The zero-order valence-corrected chi connectivity index (χ0v) is 14.7. The summed E-state index contributed by atoms with van der Waals surface area (Å²) in [6.45, 7) is 2.74. The lowest BCUT2D eigenvalue weighted by atomic mass is 10.0. The summed E-state index contributed by atoms with van der Waals surface area (Å²) < 4.78 is 0. The molecule has 1 aliphatic carbocycles. The van der Waals surface area contributed by atoms with Crippen molar-refractivity contribution in [2.75, 3.05) is 14.1 Å². The van der Waals surface area contributed by atoms with Gasteiger partial charge in [-0.1, -0.05) is 29.8 Å². The molecular formula is C18H23N3OS. The molecule has 1 unspecified atom stereocenters. The van der Waals surface area contributed by atoms with Crippen LogP contribution in [0.15, 0.2) is 36.0 Å². The van der Waals surface area contributed by atoms with E-state index in [1.165, 1.54) is 5.56 Å². The molecule has 1 aromatic carbocycles. The molecule has 0 bridgehead atoms. The molecule has 2 aromatic rings. The second-order valence-electron chi connectivity index (χ2n) is 6.45. The van der Waals surface area contributed by atoms with Crippen LogP contribution in [0.3, 0.4) is 0 Å². The maximum atomic E-state index is 13.3. The molecule has 0 radical (unpaired) electrons. The van der Waals surface area contributed by atoms with Crippen LogP contribution in [0, 0.1) is 6.92 Å². The van der Waals surface area contributed by atoms with Gasteiger partial charge in [-0.15, -0.1) is 11.3 Å². The summed E-state index contributed by atoms with van der Waals surface area (Å²) in [4.78, 5) is 22.6. The maximum absolute atomic E-state index is 13.3. The summed E-state index contributed by atoms with van der Waals surface area (Å²) in [7, 11) is 3.95. The number of aromatic nitrogens is 1. The second-order valence-corrected chi connectivity index (χ2v) is 7.42. The monoisotopic (exact) mass is 329 g/mol. The zero-order valence-electron chi connectivity index (χ0n) is 13.9. The largest absolute Gasteiger partial charge is 0.333 e. The van der Waals surface area contributed by atoms with Crippen LogP contribution in [-0.2, 0) is 11.3 Å². The van der Waals surface area contributed by atoms with Gasteiger partial charge in [0, 0.05) is 17.1 Å². The molecule has 3 rings (SSSR count). The van der Waals surface area contributed by atoms with Crippen molar-refractivity contribution in [2.45, 2.75) is 38.4 Å². The fourth-order valence-corrected chi connectivity index (χ4v) is 3.51. The maximum Gasteiger partial charge on any atom is 0.245 e. The molecule has 1 heterocycles. The van der Waals surface area contributed by atoms with Crippen molar-refractivity contribution < 1.29 is 4.79 Å². The number of hydrogen-bond donors (Lipinski definition) is 0. The predicted octanol–water partition coefficient (Wildman–Crippen LogP) is 3.25. The highest BCUT2D eigenvalue weighted by Gasteiger charge is 2.37. The Labute approximate surface area is 141 Å². The number of hydrogen-bond acceptors (Lipinski definition) is 4. The molecule has 1 aromatic heterocycles. The van der Waals surface area contributed by atoms with Gasteiger partial charge in [0.25, 0.3) is 0 Å². The van der Waals surface area contributed by atoms with Crippen LogP contribution in [0.25, 0.3) is 0 Å². The number of carbonyl (C=O) groups is 1. The first-order valence-corrected chi connectivity index (χ1v) is 8.85. The number of carbonyl (C=O) groups excluding carboxylic acids is 1. The third-order valence-electron chi connectivity index (χ3n) is 4.19. The van der Waals surface area contributed by atoms with Crippen LogP contribution in [0.2, 0.25) is 0 Å². The third-order valence-corrected chi connectivity index (χ3v) is 4.95. The molecule has 4 nitrogen and oxygen atoms in total. The lowest BCUT2D eigenvalue weighted by Gasteiger charge is -2.31. The van der Waals surface area contributed by atoms with Crippen molar-refractivity contribution >= 4 is 17.2 Å². The summed E-state index contributed by atoms with van der Waals surface area (Å²) in [6.07, 6.45) is 4.08. The van der Waals surface area contributed by atoms with Crippen molar-refractivity contribution in [3.8, 4) is 0 Å². The Morgan fingerprint density at radius 1 is 1.39 bits per heavy atom. The minimum absolute atomic E-state index is 0.191. The zero-order chi connectivity index (χ0) is 16.4. The predicted molar refractivity (Wildman–Crippen MR) is 93.3 cm³/mol. The fraction of sp³-hybridized carbons (Fsp3) is 0.444. The van der Waals surface area contributed by atoms with Gasteiger partial charge in [0.2, 0.25) is 5.91 Å². The Balaban J connectivity index is 1.86. The number of thiazole rings is 1. The minimum Gasteiger partial charge on any atom is -0.333 e. The van der Waals surface area contributed by atoms with E-state index in [0.717, 1.165) is 23.3 Å². The van der Waals surface area contributed by atoms with Gasteiger partial charge < -0.3 is 4.90 Å². The van der Waals surface area contributed by atoms with Crippen LogP contribution in [0.5, 0.6) is 0 Å². The summed E-state index contributed by atoms with van der Waals surface area (Å²) in [5.74, 6) is 0.191. The average molecular weight is 329 g/mol. The van der Waals surface area contributed by atoms with E-state index in [2.05, 4.69) is 24.0 Å². The van der Waals surface area contributed by atoms with E-state index in [1.54, 1.807) is 11.3 Å². The molecule has 0 spiro atoms. The summed E-state index contributed by atoms with van der Waals surface area (Å²) in [6, 6.07) is 8.41. The Kier molecular flexibility index (Phi) is 4.78. The fourth-order valence-electron chi connectivity index (χ4n) is 2.92. The van der Waals surface area contributed by atoms with Gasteiger partial charge in [0.15, 0.2) is 0 Å². The van der Waals surface area contributed by atoms with Gasteiger partial charge in [0.1, 0.15) is 6.04 Å². The molecular weight excluding hydrogens is 306 g/mol. The van der Waals surface area contributed by atoms with Crippen molar-refractivity contribution in [2.24, 2.45) is 0 Å². The van der Waals surface area contributed by atoms with Gasteiger partial charge in [0.05, 0.1) is 12.1 Å². The average Bonchev–Trinajstić information content (AvgIpc) is 3.21. The Morgan fingerprint density at radius 3 is 2.74 bits per heavy atom. The van der Waals surface area contributed by atoms with E-state index in [4.69, 9.17) is 0 Å². The van der Waals surface area contributed by atoms with E-state index >= 15 is 0 Å². The lowest BCUT2D eigenvalue weighted by Crippen LogP contribution is -2.41. The number of rotatable bonds is 6. The molecule has 0 aliphatic heterocycles. The number of nitrogens with zero attached hydrogens (tertiary/aromatic N) is 3. The molecule has 1 saturated carbocycles. The first kappa shape index (κ1) is 16.1.